The number of hydrogen-bond acceptors (Lipinski definition) is 4. The number of anilines is 1. The first kappa shape index (κ1) is 28.2. The molecule has 2 aromatic rings. The average Bonchev–Trinajstić information content (AvgIpc) is 2.86. The molecule has 0 bridgehead atoms. The molecule has 0 spiro atoms. The Morgan fingerprint density at radius 1 is 1.00 bits per heavy atom. The standard InChI is InChI=1S/C27H37N3O4S/c1-4-6-7-19(5-2)18-24(30-27(34)29-22-12-14-23(35-3)15-13-22)20-8-10-21(11-9-20)26(33)28-17-16-25(31)32/h8-15,19,24H,4-7,16-18H2,1-3H3,(H,28,33)(H,31,32)(H2,29,30,34). The van der Waals surface area contributed by atoms with Crippen LogP contribution in [0, 0.1) is 5.92 Å². The molecule has 0 fully saturated rings. The van der Waals surface area contributed by atoms with Crippen LogP contribution in [0.25, 0.3) is 0 Å². The third-order valence-corrected chi connectivity index (χ3v) is 6.71. The maximum atomic E-state index is 12.8. The lowest BCUT2D eigenvalue weighted by molar-refractivity contribution is -0.136. The molecule has 35 heavy (non-hydrogen) atoms. The maximum Gasteiger partial charge on any atom is 0.319 e. The highest BCUT2D eigenvalue weighted by Gasteiger charge is 2.20. The summed E-state index contributed by atoms with van der Waals surface area (Å²) >= 11 is 1.65. The second-order valence-corrected chi connectivity index (χ2v) is 9.43. The Morgan fingerprint density at radius 2 is 1.69 bits per heavy atom. The number of carboxylic acids is 1. The zero-order valence-electron chi connectivity index (χ0n) is 20.8. The first-order valence-electron chi connectivity index (χ1n) is 12.2. The molecule has 0 aliphatic rings. The predicted molar refractivity (Wildman–Crippen MR) is 142 cm³/mol. The monoisotopic (exact) mass is 499 g/mol. The summed E-state index contributed by atoms with van der Waals surface area (Å²) < 4.78 is 0. The van der Waals surface area contributed by atoms with Gasteiger partial charge in [0.15, 0.2) is 0 Å². The van der Waals surface area contributed by atoms with Gasteiger partial charge in [0, 0.05) is 22.7 Å². The normalized spacial score (nSPS) is 12.4. The van der Waals surface area contributed by atoms with Crippen LogP contribution in [0.15, 0.2) is 53.4 Å². The van der Waals surface area contributed by atoms with Crippen LogP contribution in [-0.2, 0) is 4.79 Å². The number of amides is 3. The van der Waals surface area contributed by atoms with Crippen LogP contribution in [0.3, 0.4) is 0 Å². The molecule has 4 N–H and O–H groups in total. The highest BCUT2D eigenvalue weighted by atomic mass is 32.2. The number of unbranched alkanes of at least 4 members (excludes halogenated alkanes) is 1. The number of urea groups is 1. The van der Waals surface area contributed by atoms with E-state index in [1.807, 2.05) is 42.7 Å². The SMILES string of the molecule is CCCCC(CC)CC(NC(=O)Nc1ccc(SC)cc1)c1ccc(C(=O)NCCC(=O)O)cc1. The molecule has 2 atom stereocenters. The van der Waals surface area contributed by atoms with E-state index in [0.717, 1.165) is 48.3 Å². The van der Waals surface area contributed by atoms with Gasteiger partial charge in [0.1, 0.15) is 0 Å². The van der Waals surface area contributed by atoms with Gasteiger partial charge in [-0.3, -0.25) is 9.59 Å². The Balaban J connectivity index is 2.12. The molecule has 8 heteroatoms. The lowest BCUT2D eigenvalue weighted by Gasteiger charge is -2.25. The van der Waals surface area contributed by atoms with E-state index in [1.54, 1.807) is 23.9 Å². The molecule has 2 aromatic carbocycles. The minimum Gasteiger partial charge on any atom is -0.481 e. The van der Waals surface area contributed by atoms with Gasteiger partial charge < -0.3 is 21.1 Å². The molecule has 0 saturated carbocycles. The Hall–Kier alpha value is -3.00. The first-order valence-corrected chi connectivity index (χ1v) is 13.4. The largest absolute Gasteiger partial charge is 0.481 e. The van der Waals surface area contributed by atoms with Crippen molar-refractivity contribution in [2.75, 3.05) is 18.1 Å². The second kappa shape index (κ2) is 15.1. The Labute approximate surface area is 212 Å². The number of nitrogens with one attached hydrogen (secondary N) is 3. The van der Waals surface area contributed by atoms with Gasteiger partial charge in [0.2, 0.25) is 0 Å². The molecule has 2 rings (SSSR count). The molecular weight excluding hydrogens is 462 g/mol. The van der Waals surface area contributed by atoms with Gasteiger partial charge >= 0.3 is 12.0 Å². The summed E-state index contributed by atoms with van der Waals surface area (Å²) in [6.45, 7) is 4.43. The van der Waals surface area contributed by atoms with Crippen LogP contribution >= 0.6 is 11.8 Å². The number of benzene rings is 2. The summed E-state index contributed by atoms with van der Waals surface area (Å²) in [5, 5.41) is 17.4. The van der Waals surface area contributed by atoms with Crippen LogP contribution in [0.4, 0.5) is 10.5 Å². The summed E-state index contributed by atoms with van der Waals surface area (Å²) in [7, 11) is 0. The van der Waals surface area contributed by atoms with E-state index in [0.29, 0.717) is 11.5 Å². The fourth-order valence-corrected chi connectivity index (χ4v) is 4.25. The molecule has 0 aliphatic heterocycles. The predicted octanol–water partition coefficient (Wildman–Crippen LogP) is 6.08. The minimum atomic E-state index is -0.957. The van der Waals surface area contributed by atoms with Gasteiger partial charge in [0.25, 0.3) is 5.91 Å². The number of rotatable bonds is 14. The Kier molecular flexibility index (Phi) is 12.2. The highest BCUT2D eigenvalue weighted by Crippen LogP contribution is 2.27. The summed E-state index contributed by atoms with van der Waals surface area (Å²) in [6.07, 6.45) is 7.10. The molecule has 0 saturated heterocycles. The van der Waals surface area contributed by atoms with E-state index in [-0.39, 0.29) is 30.9 Å². The first-order chi connectivity index (χ1) is 16.9. The van der Waals surface area contributed by atoms with Crippen molar-refractivity contribution in [1.29, 1.82) is 0 Å². The molecule has 7 nitrogen and oxygen atoms in total. The second-order valence-electron chi connectivity index (χ2n) is 8.55. The van der Waals surface area contributed by atoms with E-state index in [4.69, 9.17) is 5.11 Å². The molecular formula is C27H37N3O4S. The lowest BCUT2D eigenvalue weighted by atomic mass is 9.89. The lowest BCUT2D eigenvalue weighted by Crippen LogP contribution is -2.33. The summed E-state index contributed by atoms with van der Waals surface area (Å²) in [5.41, 5.74) is 2.11. The quantitative estimate of drug-likeness (QED) is 0.236. The zero-order valence-corrected chi connectivity index (χ0v) is 21.6. The van der Waals surface area contributed by atoms with Gasteiger partial charge in [-0.15, -0.1) is 11.8 Å². The molecule has 0 heterocycles. The summed E-state index contributed by atoms with van der Waals surface area (Å²) in [6, 6.07) is 14.4. The maximum absolute atomic E-state index is 12.8. The van der Waals surface area contributed by atoms with Crippen LogP contribution in [0.2, 0.25) is 0 Å². The van der Waals surface area contributed by atoms with E-state index < -0.39 is 5.97 Å². The molecule has 190 valence electrons. The van der Waals surface area contributed by atoms with Gasteiger partial charge in [-0.1, -0.05) is 51.7 Å². The van der Waals surface area contributed by atoms with E-state index in [9.17, 15) is 14.4 Å². The highest BCUT2D eigenvalue weighted by molar-refractivity contribution is 7.98. The number of carbonyl (C=O) groups excluding carboxylic acids is 2. The van der Waals surface area contributed by atoms with Crippen molar-refractivity contribution >= 4 is 35.4 Å². The molecule has 0 aliphatic carbocycles. The number of thioether (sulfide) groups is 1. The average molecular weight is 500 g/mol. The van der Waals surface area contributed by atoms with E-state index in [2.05, 4.69) is 29.8 Å². The van der Waals surface area contributed by atoms with Crippen molar-refractivity contribution in [2.24, 2.45) is 5.92 Å². The minimum absolute atomic E-state index is 0.0772. The molecule has 3 amide bonds. The summed E-state index contributed by atoms with van der Waals surface area (Å²) in [5.74, 6) is -0.801. The van der Waals surface area contributed by atoms with Gasteiger partial charge in [-0.05, 0) is 60.6 Å². The van der Waals surface area contributed by atoms with Crippen molar-refractivity contribution in [1.82, 2.24) is 10.6 Å². The van der Waals surface area contributed by atoms with Gasteiger partial charge in [-0.2, -0.15) is 0 Å². The van der Waals surface area contributed by atoms with Crippen LogP contribution in [-0.4, -0.2) is 35.8 Å². The Morgan fingerprint density at radius 3 is 2.26 bits per heavy atom. The van der Waals surface area contributed by atoms with Crippen molar-refractivity contribution < 1.29 is 19.5 Å². The zero-order chi connectivity index (χ0) is 25.6. The molecule has 0 aromatic heterocycles. The smallest absolute Gasteiger partial charge is 0.319 e. The van der Waals surface area contributed by atoms with Crippen LogP contribution < -0.4 is 16.0 Å². The third kappa shape index (κ3) is 10.0. The van der Waals surface area contributed by atoms with Crippen LogP contribution in [0.5, 0.6) is 0 Å². The van der Waals surface area contributed by atoms with Crippen molar-refractivity contribution in [3.8, 4) is 0 Å². The Bertz CT molecular complexity index is 948. The number of carbonyl (C=O) groups is 3. The summed E-state index contributed by atoms with van der Waals surface area (Å²) in [4.78, 5) is 36.9. The number of hydrogen-bond donors (Lipinski definition) is 4. The van der Waals surface area contributed by atoms with Crippen molar-refractivity contribution in [3.05, 3.63) is 59.7 Å². The van der Waals surface area contributed by atoms with Crippen molar-refractivity contribution in [3.63, 3.8) is 0 Å². The van der Waals surface area contributed by atoms with Gasteiger partial charge in [0.05, 0.1) is 12.5 Å². The number of aliphatic carboxylic acids is 1. The van der Waals surface area contributed by atoms with Crippen molar-refractivity contribution in [2.45, 2.75) is 63.3 Å². The topological polar surface area (TPSA) is 108 Å². The fraction of sp³-hybridized carbons (Fsp3) is 0.444. The van der Waals surface area contributed by atoms with E-state index >= 15 is 0 Å². The fourth-order valence-electron chi connectivity index (χ4n) is 3.84. The van der Waals surface area contributed by atoms with Crippen LogP contribution in [0.1, 0.15) is 74.3 Å². The molecule has 2 unspecified atom stereocenters. The molecule has 0 radical (unpaired) electrons. The third-order valence-electron chi connectivity index (χ3n) is 5.97. The number of carboxylic acid groups (broad SMARTS) is 1. The van der Waals surface area contributed by atoms with Gasteiger partial charge in [-0.25, -0.2) is 4.79 Å². The van der Waals surface area contributed by atoms with E-state index in [1.165, 1.54) is 0 Å².